The van der Waals surface area contributed by atoms with Gasteiger partial charge in [0, 0.05) is 43.9 Å². The number of methoxy groups -OCH3 is 1. The second kappa shape index (κ2) is 8.75. The van der Waals surface area contributed by atoms with Crippen molar-refractivity contribution in [3.63, 3.8) is 0 Å². The maximum Gasteiger partial charge on any atom is 0.285 e. The fourth-order valence-corrected chi connectivity index (χ4v) is 6.05. The van der Waals surface area contributed by atoms with Crippen molar-refractivity contribution in [3.8, 4) is 5.75 Å². The predicted octanol–water partition coefficient (Wildman–Crippen LogP) is 1.59. The SMILES string of the molecule is COc1ccc(C(=O)N2CCN(C(=O)[C@@H]3CCCN3C3=NS(=O)(=O)c4ccccc43)CC2)cc1. The lowest BCUT2D eigenvalue weighted by molar-refractivity contribution is -0.136. The summed E-state index contributed by atoms with van der Waals surface area (Å²) in [6.45, 7) is 2.34. The monoisotopic (exact) mass is 482 g/mol. The summed E-state index contributed by atoms with van der Waals surface area (Å²) in [5.74, 6) is 0.938. The number of benzene rings is 2. The van der Waals surface area contributed by atoms with E-state index >= 15 is 0 Å². The van der Waals surface area contributed by atoms with Gasteiger partial charge in [0.15, 0.2) is 5.84 Å². The van der Waals surface area contributed by atoms with Gasteiger partial charge in [-0.2, -0.15) is 8.42 Å². The van der Waals surface area contributed by atoms with Crippen LogP contribution in [0.15, 0.2) is 57.8 Å². The molecule has 0 radical (unpaired) electrons. The summed E-state index contributed by atoms with van der Waals surface area (Å²) in [6.07, 6.45) is 1.43. The minimum atomic E-state index is -3.74. The number of nitrogens with zero attached hydrogens (tertiary/aromatic N) is 4. The molecule has 2 aromatic carbocycles. The van der Waals surface area contributed by atoms with Crippen molar-refractivity contribution >= 4 is 27.7 Å². The summed E-state index contributed by atoms with van der Waals surface area (Å²) in [7, 11) is -2.17. The van der Waals surface area contributed by atoms with Crippen molar-refractivity contribution in [3.05, 3.63) is 59.7 Å². The number of hydrogen-bond acceptors (Lipinski definition) is 6. The second-order valence-electron chi connectivity index (χ2n) is 8.58. The van der Waals surface area contributed by atoms with Gasteiger partial charge in [-0.1, -0.05) is 12.1 Å². The zero-order valence-corrected chi connectivity index (χ0v) is 19.7. The van der Waals surface area contributed by atoms with Crippen LogP contribution in [0.25, 0.3) is 0 Å². The molecule has 2 saturated heterocycles. The molecule has 9 nitrogen and oxygen atoms in total. The van der Waals surface area contributed by atoms with Gasteiger partial charge in [-0.05, 0) is 49.2 Å². The molecule has 5 rings (SSSR count). The average Bonchev–Trinajstić information content (AvgIpc) is 3.46. The summed E-state index contributed by atoms with van der Waals surface area (Å²) in [5, 5.41) is 0. The maximum absolute atomic E-state index is 13.4. The molecule has 0 unspecified atom stereocenters. The van der Waals surface area contributed by atoms with Crippen LogP contribution in [-0.4, -0.2) is 86.6 Å². The number of carbonyl (C=O) groups excluding carboxylic acids is 2. The first kappa shape index (κ1) is 22.4. The molecule has 0 saturated carbocycles. The molecule has 2 amide bonds. The number of carbonyl (C=O) groups is 2. The molecule has 0 aromatic heterocycles. The summed E-state index contributed by atoms with van der Waals surface area (Å²) in [5.41, 5.74) is 1.14. The molecule has 2 aromatic rings. The molecule has 2 fully saturated rings. The first-order chi connectivity index (χ1) is 16.4. The van der Waals surface area contributed by atoms with Crippen LogP contribution >= 0.6 is 0 Å². The van der Waals surface area contributed by atoms with Gasteiger partial charge >= 0.3 is 0 Å². The third-order valence-electron chi connectivity index (χ3n) is 6.64. The van der Waals surface area contributed by atoms with E-state index in [1.165, 1.54) is 0 Å². The Kier molecular flexibility index (Phi) is 5.76. The van der Waals surface area contributed by atoms with E-state index in [-0.39, 0.29) is 16.7 Å². The predicted molar refractivity (Wildman–Crippen MR) is 125 cm³/mol. The molecule has 3 heterocycles. The fourth-order valence-electron chi connectivity index (χ4n) is 4.83. The van der Waals surface area contributed by atoms with E-state index in [2.05, 4.69) is 4.40 Å². The molecule has 34 heavy (non-hydrogen) atoms. The molecule has 0 bridgehead atoms. The molecule has 0 aliphatic carbocycles. The number of fused-ring (bicyclic) bond motifs is 1. The lowest BCUT2D eigenvalue weighted by atomic mass is 10.1. The van der Waals surface area contributed by atoms with E-state index in [9.17, 15) is 18.0 Å². The summed E-state index contributed by atoms with van der Waals surface area (Å²) >= 11 is 0. The highest BCUT2D eigenvalue weighted by molar-refractivity contribution is 7.90. The zero-order chi connectivity index (χ0) is 23.9. The zero-order valence-electron chi connectivity index (χ0n) is 18.9. The van der Waals surface area contributed by atoms with Crippen molar-refractivity contribution < 1.29 is 22.7 Å². The third-order valence-corrected chi connectivity index (χ3v) is 7.96. The lowest BCUT2D eigenvalue weighted by Crippen LogP contribution is -2.55. The van der Waals surface area contributed by atoms with Crippen LogP contribution < -0.4 is 4.74 Å². The molecular formula is C24H26N4O5S. The number of piperazine rings is 1. The first-order valence-electron chi connectivity index (χ1n) is 11.3. The number of rotatable bonds is 3. The summed E-state index contributed by atoms with van der Waals surface area (Å²) < 4.78 is 34.2. The van der Waals surface area contributed by atoms with Crippen LogP contribution in [0.3, 0.4) is 0 Å². The highest BCUT2D eigenvalue weighted by Gasteiger charge is 2.41. The second-order valence-corrected chi connectivity index (χ2v) is 10.2. The van der Waals surface area contributed by atoms with Crippen molar-refractivity contribution in [2.45, 2.75) is 23.8 Å². The van der Waals surface area contributed by atoms with Crippen molar-refractivity contribution in [2.75, 3.05) is 39.8 Å². The molecule has 3 aliphatic heterocycles. The molecule has 0 N–H and O–H groups in total. The minimum Gasteiger partial charge on any atom is -0.497 e. The van der Waals surface area contributed by atoms with E-state index in [1.807, 2.05) is 4.90 Å². The number of amides is 2. The van der Waals surface area contributed by atoms with Gasteiger partial charge in [-0.25, -0.2) is 0 Å². The Morgan fingerprint density at radius 3 is 2.32 bits per heavy atom. The van der Waals surface area contributed by atoms with Crippen LogP contribution in [0, 0.1) is 0 Å². The van der Waals surface area contributed by atoms with Crippen LogP contribution in [0.5, 0.6) is 5.75 Å². The maximum atomic E-state index is 13.4. The molecule has 0 spiro atoms. The van der Waals surface area contributed by atoms with E-state index < -0.39 is 16.1 Å². The number of likely N-dealkylation sites (tertiary alicyclic amines) is 1. The van der Waals surface area contributed by atoms with Crippen molar-refractivity contribution in [1.82, 2.24) is 14.7 Å². The fraction of sp³-hybridized carbons (Fsp3) is 0.375. The topological polar surface area (TPSA) is 99.6 Å². The summed E-state index contributed by atoms with van der Waals surface area (Å²) in [6, 6.07) is 13.3. The van der Waals surface area contributed by atoms with Gasteiger partial charge in [0.1, 0.15) is 16.7 Å². The van der Waals surface area contributed by atoms with Gasteiger partial charge in [0.05, 0.1) is 7.11 Å². The Morgan fingerprint density at radius 1 is 0.941 bits per heavy atom. The molecule has 10 heteroatoms. The number of ether oxygens (including phenoxy) is 1. The molecule has 178 valence electrons. The van der Waals surface area contributed by atoms with E-state index in [1.54, 1.807) is 65.4 Å². The third kappa shape index (κ3) is 3.91. The molecule has 1 atom stereocenters. The van der Waals surface area contributed by atoms with Crippen LogP contribution in [0.1, 0.15) is 28.8 Å². The quantitative estimate of drug-likeness (QED) is 0.659. The van der Waals surface area contributed by atoms with E-state index in [0.717, 1.165) is 6.42 Å². The number of sulfonamides is 1. The Balaban J connectivity index is 1.26. The highest BCUT2D eigenvalue weighted by atomic mass is 32.2. The van der Waals surface area contributed by atoms with E-state index in [4.69, 9.17) is 4.74 Å². The van der Waals surface area contributed by atoms with E-state index in [0.29, 0.717) is 61.9 Å². The number of hydrogen-bond donors (Lipinski definition) is 0. The Bertz CT molecular complexity index is 1250. The van der Waals surface area contributed by atoms with Crippen LogP contribution in [0.2, 0.25) is 0 Å². The van der Waals surface area contributed by atoms with Crippen molar-refractivity contribution in [2.24, 2.45) is 4.40 Å². The van der Waals surface area contributed by atoms with Gasteiger partial charge < -0.3 is 19.4 Å². The van der Waals surface area contributed by atoms with Gasteiger partial charge in [0.2, 0.25) is 5.91 Å². The largest absolute Gasteiger partial charge is 0.497 e. The van der Waals surface area contributed by atoms with Gasteiger partial charge in [-0.15, -0.1) is 4.40 Å². The van der Waals surface area contributed by atoms with Gasteiger partial charge in [0.25, 0.3) is 15.9 Å². The van der Waals surface area contributed by atoms with Crippen LogP contribution in [-0.2, 0) is 14.8 Å². The Morgan fingerprint density at radius 2 is 1.62 bits per heavy atom. The van der Waals surface area contributed by atoms with Crippen LogP contribution in [0.4, 0.5) is 0 Å². The molecule has 3 aliphatic rings. The minimum absolute atomic E-state index is 0.0430. The Hall–Kier alpha value is -3.40. The number of amidine groups is 1. The standard InChI is InChI=1S/C24H26N4O5S/c1-33-18-10-8-17(9-11-18)23(29)26-13-15-27(16-14-26)24(30)20-6-4-12-28(20)22-19-5-2-3-7-21(19)34(31,32)25-22/h2-3,5,7-11,20H,4,6,12-16H2,1H3/t20-/m0/s1. The first-order valence-corrected chi connectivity index (χ1v) is 12.8. The van der Waals surface area contributed by atoms with Crippen molar-refractivity contribution in [1.29, 1.82) is 0 Å². The Labute approximate surface area is 198 Å². The highest BCUT2D eigenvalue weighted by Crippen LogP contribution is 2.31. The molecular weight excluding hydrogens is 456 g/mol. The normalized spacial score (nSPS) is 21.3. The lowest BCUT2D eigenvalue weighted by Gasteiger charge is -2.37. The summed E-state index contributed by atoms with van der Waals surface area (Å²) in [4.78, 5) is 31.8. The smallest absolute Gasteiger partial charge is 0.285 e. The average molecular weight is 483 g/mol. The van der Waals surface area contributed by atoms with Gasteiger partial charge in [-0.3, -0.25) is 9.59 Å².